The minimum absolute atomic E-state index is 0.0541. The smallest absolute Gasteiger partial charge is 0.166 e. The number of alkyl halides is 3. The molecule has 0 aliphatic carbocycles. The Morgan fingerprint density at radius 1 is 1.33 bits per heavy atom. The fourth-order valence-electron chi connectivity index (χ4n) is 1.00. The van der Waals surface area contributed by atoms with Crippen LogP contribution in [0.5, 0.6) is 0 Å². The van der Waals surface area contributed by atoms with Gasteiger partial charge in [-0.1, -0.05) is 13.8 Å². The second kappa shape index (κ2) is 3.09. The van der Waals surface area contributed by atoms with Crippen molar-refractivity contribution in [1.29, 1.82) is 0 Å². The quantitative estimate of drug-likeness (QED) is 0.636. The van der Waals surface area contributed by atoms with Crippen molar-refractivity contribution in [3.63, 3.8) is 0 Å². The van der Waals surface area contributed by atoms with E-state index in [1.165, 1.54) is 5.38 Å². The molecule has 0 unspecified atom stereocenters. The van der Waals surface area contributed by atoms with Gasteiger partial charge in [-0.15, -0.1) is 11.3 Å². The second-order valence-electron chi connectivity index (χ2n) is 2.85. The molecular formula is C8H9F3S. The third-order valence-electron chi connectivity index (χ3n) is 1.52. The number of halogens is 3. The van der Waals surface area contributed by atoms with Crippen LogP contribution in [0.4, 0.5) is 13.2 Å². The van der Waals surface area contributed by atoms with Gasteiger partial charge in [0.2, 0.25) is 0 Å². The molecule has 0 atom stereocenters. The zero-order chi connectivity index (χ0) is 9.35. The fraction of sp³-hybridized carbons (Fsp3) is 0.500. The van der Waals surface area contributed by atoms with E-state index in [9.17, 15) is 13.2 Å². The van der Waals surface area contributed by atoms with Crippen LogP contribution in [0.25, 0.3) is 0 Å². The molecule has 0 nitrogen and oxygen atoms in total. The SMILES string of the molecule is CC(C)c1sccc1C(F)(F)F. The summed E-state index contributed by atoms with van der Waals surface area (Å²) in [4.78, 5) is 0.419. The molecule has 0 spiro atoms. The minimum Gasteiger partial charge on any atom is -0.166 e. The Morgan fingerprint density at radius 3 is 2.25 bits per heavy atom. The Balaban J connectivity index is 3.08. The first-order chi connectivity index (χ1) is 5.43. The number of rotatable bonds is 1. The Bertz CT molecular complexity index is 260. The van der Waals surface area contributed by atoms with Crippen molar-refractivity contribution < 1.29 is 13.2 Å². The highest BCUT2D eigenvalue weighted by Crippen LogP contribution is 2.37. The monoisotopic (exact) mass is 194 g/mol. The van der Waals surface area contributed by atoms with Crippen LogP contribution in [0, 0.1) is 0 Å². The van der Waals surface area contributed by atoms with Crippen LogP contribution in [0.1, 0.15) is 30.2 Å². The van der Waals surface area contributed by atoms with E-state index in [0.29, 0.717) is 4.88 Å². The topological polar surface area (TPSA) is 0 Å². The standard InChI is InChI=1S/C8H9F3S/c1-5(2)7-6(3-4-12-7)8(9,10)11/h3-5H,1-2H3. The van der Waals surface area contributed by atoms with Crippen molar-refractivity contribution in [1.82, 2.24) is 0 Å². The zero-order valence-corrected chi connectivity index (χ0v) is 7.59. The third kappa shape index (κ3) is 1.80. The Morgan fingerprint density at radius 2 is 1.92 bits per heavy atom. The van der Waals surface area contributed by atoms with Gasteiger partial charge in [0.1, 0.15) is 0 Å². The molecule has 1 heterocycles. The number of hydrogen-bond donors (Lipinski definition) is 0. The number of thiophene rings is 1. The summed E-state index contributed by atoms with van der Waals surface area (Å²) in [6.07, 6.45) is -4.19. The van der Waals surface area contributed by atoms with Crippen molar-refractivity contribution in [2.75, 3.05) is 0 Å². The summed E-state index contributed by atoms with van der Waals surface area (Å²) >= 11 is 1.16. The van der Waals surface area contributed by atoms with E-state index in [4.69, 9.17) is 0 Å². The van der Waals surface area contributed by atoms with Crippen molar-refractivity contribution in [2.24, 2.45) is 0 Å². The summed E-state index contributed by atoms with van der Waals surface area (Å²) in [5, 5.41) is 1.48. The molecule has 1 aromatic heterocycles. The summed E-state index contributed by atoms with van der Waals surface area (Å²) in [5.41, 5.74) is -0.484. The van der Waals surface area contributed by atoms with Gasteiger partial charge in [-0.2, -0.15) is 13.2 Å². The van der Waals surface area contributed by atoms with Gasteiger partial charge in [-0.3, -0.25) is 0 Å². The molecule has 1 rings (SSSR count). The Kier molecular flexibility index (Phi) is 2.46. The molecule has 0 radical (unpaired) electrons. The molecule has 0 fully saturated rings. The van der Waals surface area contributed by atoms with E-state index in [1.807, 2.05) is 0 Å². The van der Waals surface area contributed by atoms with Crippen LogP contribution in [-0.4, -0.2) is 0 Å². The maximum absolute atomic E-state index is 12.2. The predicted molar refractivity (Wildman–Crippen MR) is 43.4 cm³/mol. The van der Waals surface area contributed by atoms with Gasteiger partial charge in [-0.05, 0) is 17.4 Å². The lowest BCUT2D eigenvalue weighted by atomic mass is 10.1. The molecule has 0 amide bonds. The first-order valence-corrected chi connectivity index (χ1v) is 4.45. The molecule has 0 aliphatic heterocycles. The van der Waals surface area contributed by atoms with Crippen LogP contribution in [-0.2, 0) is 6.18 Å². The van der Waals surface area contributed by atoms with Crippen molar-refractivity contribution >= 4 is 11.3 Å². The van der Waals surface area contributed by atoms with E-state index in [2.05, 4.69) is 0 Å². The van der Waals surface area contributed by atoms with E-state index < -0.39 is 11.7 Å². The lowest BCUT2D eigenvalue weighted by Gasteiger charge is -2.09. The largest absolute Gasteiger partial charge is 0.417 e. The van der Waals surface area contributed by atoms with Crippen molar-refractivity contribution in [3.8, 4) is 0 Å². The first kappa shape index (κ1) is 9.58. The molecule has 0 saturated carbocycles. The predicted octanol–water partition coefficient (Wildman–Crippen LogP) is 3.89. The average Bonchev–Trinajstić information content (AvgIpc) is 2.30. The second-order valence-corrected chi connectivity index (χ2v) is 3.80. The maximum atomic E-state index is 12.2. The molecule has 12 heavy (non-hydrogen) atoms. The average molecular weight is 194 g/mol. The third-order valence-corrected chi connectivity index (χ3v) is 2.74. The Labute approximate surface area is 73.0 Å². The number of hydrogen-bond acceptors (Lipinski definition) is 1. The normalized spacial score (nSPS) is 12.5. The van der Waals surface area contributed by atoms with Crippen LogP contribution >= 0.6 is 11.3 Å². The minimum atomic E-state index is -4.19. The van der Waals surface area contributed by atoms with Crippen LogP contribution in [0.3, 0.4) is 0 Å². The molecule has 0 N–H and O–H groups in total. The molecule has 0 saturated heterocycles. The summed E-state index contributed by atoms with van der Waals surface area (Å²) in [6.45, 7) is 3.53. The first-order valence-electron chi connectivity index (χ1n) is 3.57. The highest BCUT2D eigenvalue weighted by atomic mass is 32.1. The van der Waals surface area contributed by atoms with Crippen molar-refractivity contribution in [2.45, 2.75) is 25.9 Å². The molecule has 0 aliphatic rings. The zero-order valence-electron chi connectivity index (χ0n) is 6.77. The lowest BCUT2D eigenvalue weighted by Crippen LogP contribution is -2.06. The van der Waals surface area contributed by atoms with Crippen molar-refractivity contribution in [3.05, 3.63) is 21.9 Å². The van der Waals surface area contributed by atoms with Gasteiger partial charge in [-0.25, -0.2) is 0 Å². The van der Waals surface area contributed by atoms with E-state index in [-0.39, 0.29) is 5.92 Å². The summed E-state index contributed by atoms with van der Waals surface area (Å²) in [6, 6.07) is 1.14. The summed E-state index contributed by atoms with van der Waals surface area (Å²) in [5.74, 6) is -0.0541. The maximum Gasteiger partial charge on any atom is 0.417 e. The lowest BCUT2D eigenvalue weighted by molar-refractivity contribution is -0.137. The van der Waals surface area contributed by atoms with Crippen LogP contribution in [0.15, 0.2) is 11.4 Å². The molecule has 0 aromatic carbocycles. The molecule has 0 bridgehead atoms. The van der Waals surface area contributed by atoms with E-state index >= 15 is 0 Å². The van der Waals surface area contributed by atoms with Gasteiger partial charge in [0.05, 0.1) is 5.56 Å². The van der Waals surface area contributed by atoms with Gasteiger partial charge in [0, 0.05) is 4.88 Å². The highest BCUT2D eigenvalue weighted by molar-refractivity contribution is 7.10. The molecular weight excluding hydrogens is 185 g/mol. The van der Waals surface area contributed by atoms with Gasteiger partial charge < -0.3 is 0 Å². The van der Waals surface area contributed by atoms with E-state index in [0.717, 1.165) is 17.4 Å². The summed E-state index contributed by atoms with van der Waals surface area (Å²) in [7, 11) is 0. The highest BCUT2D eigenvalue weighted by Gasteiger charge is 2.34. The van der Waals surface area contributed by atoms with Crippen LogP contribution < -0.4 is 0 Å². The summed E-state index contributed by atoms with van der Waals surface area (Å²) < 4.78 is 36.7. The van der Waals surface area contributed by atoms with Gasteiger partial charge in [0.25, 0.3) is 0 Å². The molecule has 68 valence electrons. The Hall–Kier alpha value is -0.510. The fourth-order valence-corrected chi connectivity index (χ4v) is 1.94. The molecule has 1 aromatic rings. The molecule has 4 heteroatoms. The van der Waals surface area contributed by atoms with Crippen LogP contribution in [0.2, 0.25) is 0 Å². The van der Waals surface area contributed by atoms with Gasteiger partial charge >= 0.3 is 6.18 Å². The van der Waals surface area contributed by atoms with Gasteiger partial charge in [0.15, 0.2) is 0 Å². The van der Waals surface area contributed by atoms with E-state index in [1.54, 1.807) is 13.8 Å².